The van der Waals surface area contributed by atoms with Gasteiger partial charge in [-0.1, -0.05) is 80.6 Å². The summed E-state index contributed by atoms with van der Waals surface area (Å²) in [5.74, 6) is -2.67. The van der Waals surface area contributed by atoms with Gasteiger partial charge in [-0.25, -0.2) is 14.6 Å². The highest BCUT2D eigenvalue weighted by molar-refractivity contribution is 6.21. The molecule has 0 aromatic heterocycles. The van der Waals surface area contributed by atoms with E-state index in [9.17, 15) is 24.3 Å². The maximum atomic E-state index is 14.8. The molecule has 4 amide bonds. The van der Waals surface area contributed by atoms with Crippen molar-refractivity contribution in [3.05, 3.63) is 125 Å². The van der Waals surface area contributed by atoms with Gasteiger partial charge in [0, 0.05) is 16.8 Å². The molecule has 1 heterocycles. The summed E-state index contributed by atoms with van der Waals surface area (Å²) in [6.07, 6.45) is -1.53. The van der Waals surface area contributed by atoms with Crippen molar-refractivity contribution in [2.24, 2.45) is 16.6 Å². The standard InChI is InChI=1S/C35H33N5O6/c1-21(2)35(33(36)44,24-16-18-26(46-3)19-17-24)40-28-15-8-7-14-27(28)29(22-10-5-4-6-11-22)38-30(31(40)41)39-34(45)37-25-13-9-12-23(20-25)32(42)43/h4-21,30H,1-3H3,(H2,36,44)(H,42,43)(H2,37,39,45). The van der Waals surface area contributed by atoms with Gasteiger partial charge in [0.25, 0.3) is 5.91 Å². The van der Waals surface area contributed by atoms with Crippen LogP contribution < -0.4 is 26.0 Å². The number of hydrogen-bond acceptors (Lipinski definition) is 6. The van der Waals surface area contributed by atoms with E-state index in [1.54, 1.807) is 62.4 Å². The fraction of sp³-hybridized carbons (Fsp3) is 0.171. The quantitative estimate of drug-likeness (QED) is 0.211. The molecule has 0 aliphatic carbocycles. The first-order chi connectivity index (χ1) is 22.1. The van der Waals surface area contributed by atoms with Crippen molar-refractivity contribution in [1.82, 2.24) is 5.32 Å². The van der Waals surface area contributed by atoms with Crippen LogP contribution in [0.15, 0.2) is 108 Å². The number of nitrogens with zero attached hydrogens (tertiary/aromatic N) is 2. The van der Waals surface area contributed by atoms with E-state index in [1.807, 2.05) is 30.3 Å². The van der Waals surface area contributed by atoms with Gasteiger partial charge in [0.1, 0.15) is 5.75 Å². The first kappa shape index (κ1) is 31.5. The summed E-state index contributed by atoms with van der Waals surface area (Å²) in [7, 11) is 1.52. The number of carbonyl (C=O) groups is 4. The number of benzene rings is 4. The SMILES string of the molecule is COc1ccc(C(C(N)=O)(C(C)C)N2C(=O)C(NC(=O)Nc3cccc(C(=O)O)c3)N=C(c3ccccc3)c3ccccc32)cc1. The number of rotatable bonds is 9. The Hall–Kier alpha value is -5.97. The van der Waals surface area contributed by atoms with E-state index in [4.69, 9.17) is 15.5 Å². The third-order valence-corrected chi connectivity index (χ3v) is 7.89. The number of hydrogen-bond donors (Lipinski definition) is 4. The highest BCUT2D eigenvalue weighted by atomic mass is 16.5. The third-order valence-electron chi connectivity index (χ3n) is 7.89. The van der Waals surface area contributed by atoms with Crippen LogP contribution in [-0.4, -0.2) is 47.9 Å². The summed E-state index contributed by atoms with van der Waals surface area (Å²) in [5, 5.41) is 14.6. The predicted molar refractivity (Wildman–Crippen MR) is 174 cm³/mol. The van der Waals surface area contributed by atoms with Gasteiger partial charge in [-0.05, 0) is 47.9 Å². The Morgan fingerprint density at radius 1 is 0.935 bits per heavy atom. The Morgan fingerprint density at radius 3 is 2.24 bits per heavy atom. The predicted octanol–water partition coefficient (Wildman–Crippen LogP) is 4.76. The molecule has 5 rings (SSSR count). The second-order valence-corrected chi connectivity index (χ2v) is 10.9. The molecule has 234 valence electrons. The monoisotopic (exact) mass is 619 g/mol. The number of aromatic carboxylic acids is 1. The molecule has 0 spiro atoms. The molecule has 11 nitrogen and oxygen atoms in total. The zero-order valence-electron chi connectivity index (χ0n) is 25.4. The van der Waals surface area contributed by atoms with Crippen LogP contribution in [0.2, 0.25) is 0 Å². The Bertz CT molecular complexity index is 1820. The molecule has 0 radical (unpaired) electrons. The van der Waals surface area contributed by atoms with E-state index in [0.717, 1.165) is 0 Å². The Labute approximate surface area is 265 Å². The smallest absolute Gasteiger partial charge is 0.335 e. The van der Waals surface area contributed by atoms with E-state index < -0.39 is 41.4 Å². The van der Waals surface area contributed by atoms with Gasteiger partial charge in [0.2, 0.25) is 12.1 Å². The van der Waals surface area contributed by atoms with E-state index in [2.05, 4.69) is 10.6 Å². The number of primary amides is 1. The average Bonchev–Trinajstić information content (AvgIpc) is 3.16. The minimum Gasteiger partial charge on any atom is -0.497 e. The Balaban J connectivity index is 1.70. The number of carbonyl (C=O) groups excluding carboxylic acids is 3. The largest absolute Gasteiger partial charge is 0.497 e. The first-order valence-corrected chi connectivity index (χ1v) is 14.5. The van der Waals surface area contributed by atoms with E-state index in [1.165, 1.54) is 36.3 Å². The second kappa shape index (κ2) is 12.9. The van der Waals surface area contributed by atoms with Crippen LogP contribution in [0.25, 0.3) is 0 Å². The van der Waals surface area contributed by atoms with Gasteiger partial charge in [-0.15, -0.1) is 0 Å². The number of carboxylic acid groups (broad SMARTS) is 1. The minimum absolute atomic E-state index is 0.0305. The van der Waals surface area contributed by atoms with Crippen LogP contribution in [0.3, 0.4) is 0 Å². The number of ether oxygens (including phenoxy) is 1. The van der Waals surface area contributed by atoms with Crippen LogP contribution in [0, 0.1) is 5.92 Å². The third kappa shape index (κ3) is 5.77. The molecule has 2 atom stereocenters. The van der Waals surface area contributed by atoms with Crippen LogP contribution >= 0.6 is 0 Å². The highest BCUT2D eigenvalue weighted by Gasteiger charge is 2.53. The molecule has 0 saturated heterocycles. The van der Waals surface area contributed by atoms with E-state index >= 15 is 0 Å². The van der Waals surface area contributed by atoms with Crippen LogP contribution in [0.4, 0.5) is 16.2 Å². The minimum atomic E-state index is -1.73. The molecule has 46 heavy (non-hydrogen) atoms. The lowest BCUT2D eigenvalue weighted by Crippen LogP contribution is -2.64. The first-order valence-electron chi connectivity index (χ1n) is 14.5. The lowest BCUT2D eigenvalue weighted by Gasteiger charge is -2.45. The lowest BCUT2D eigenvalue weighted by atomic mass is 9.76. The second-order valence-electron chi connectivity index (χ2n) is 10.9. The number of nitrogens with two attached hydrogens (primary N) is 1. The normalized spacial score (nSPS) is 15.6. The van der Waals surface area contributed by atoms with Gasteiger partial charge in [-0.3, -0.25) is 14.5 Å². The molecule has 0 saturated carbocycles. The molecule has 0 bridgehead atoms. The summed E-state index contributed by atoms with van der Waals surface area (Å²) < 4.78 is 5.34. The van der Waals surface area contributed by atoms with Crippen molar-refractivity contribution in [3.63, 3.8) is 0 Å². The van der Waals surface area contributed by atoms with Crippen LogP contribution in [0.1, 0.15) is 40.9 Å². The molecule has 0 fully saturated rings. The summed E-state index contributed by atoms with van der Waals surface area (Å²) in [6, 6.07) is 27.8. The van der Waals surface area contributed by atoms with Gasteiger partial charge < -0.3 is 26.2 Å². The van der Waals surface area contributed by atoms with Crippen molar-refractivity contribution in [2.75, 3.05) is 17.3 Å². The summed E-state index contributed by atoms with van der Waals surface area (Å²) >= 11 is 0. The number of nitrogens with one attached hydrogen (secondary N) is 2. The number of carboxylic acids is 1. The highest BCUT2D eigenvalue weighted by Crippen LogP contribution is 2.43. The van der Waals surface area contributed by atoms with Crippen molar-refractivity contribution < 1.29 is 29.0 Å². The van der Waals surface area contributed by atoms with E-state index in [-0.39, 0.29) is 11.3 Å². The zero-order chi connectivity index (χ0) is 33.0. The molecule has 11 heteroatoms. The summed E-state index contributed by atoms with van der Waals surface area (Å²) in [6.45, 7) is 3.58. The topological polar surface area (TPSA) is 163 Å². The van der Waals surface area contributed by atoms with Crippen molar-refractivity contribution >= 4 is 40.9 Å². The van der Waals surface area contributed by atoms with Gasteiger partial charge in [0.05, 0.1) is 24.1 Å². The fourth-order valence-corrected chi connectivity index (χ4v) is 5.77. The van der Waals surface area contributed by atoms with Crippen molar-refractivity contribution in [1.29, 1.82) is 0 Å². The number of methoxy groups -OCH3 is 1. The number of fused-ring (bicyclic) bond motifs is 1. The van der Waals surface area contributed by atoms with Crippen molar-refractivity contribution in [3.8, 4) is 5.75 Å². The molecule has 1 aliphatic rings. The number of aliphatic imine (C=N–C) groups is 1. The average molecular weight is 620 g/mol. The number of benzodiazepines with no additional fused rings is 1. The molecule has 5 N–H and O–H groups in total. The molecular weight excluding hydrogens is 586 g/mol. The molecule has 4 aromatic carbocycles. The van der Waals surface area contributed by atoms with Gasteiger partial charge in [-0.2, -0.15) is 0 Å². The number of anilines is 2. The molecule has 2 unspecified atom stereocenters. The summed E-state index contributed by atoms with van der Waals surface area (Å²) in [5.41, 5.74) is 7.12. The lowest BCUT2D eigenvalue weighted by molar-refractivity contribution is -0.131. The molecule has 1 aliphatic heterocycles. The number of para-hydroxylation sites is 1. The van der Waals surface area contributed by atoms with Crippen LogP contribution in [0.5, 0.6) is 5.75 Å². The van der Waals surface area contributed by atoms with Gasteiger partial charge in [0.15, 0.2) is 5.54 Å². The fourth-order valence-electron chi connectivity index (χ4n) is 5.77. The molecular formula is C35H33N5O6. The Morgan fingerprint density at radius 2 is 1.61 bits per heavy atom. The maximum absolute atomic E-state index is 14.8. The van der Waals surface area contributed by atoms with Crippen LogP contribution in [-0.2, 0) is 15.1 Å². The number of urea groups is 1. The van der Waals surface area contributed by atoms with E-state index in [0.29, 0.717) is 33.8 Å². The Kier molecular flexibility index (Phi) is 8.85. The maximum Gasteiger partial charge on any atom is 0.335 e. The van der Waals surface area contributed by atoms with Crippen molar-refractivity contribution in [2.45, 2.75) is 25.6 Å². The van der Waals surface area contributed by atoms with Gasteiger partial charge >= 0.3 is 12.0 Å². The molecule has 4 aromatic rings. The summed E-state index contributed by atoms with van der Waals surface area (Å²) in [4.78, 5) is 59.6. The zero-order valence-corrected chi connectivity index (χ0v) is 25.4. The number of amides is 4.